The Morgan fingerprint density at radius 1 is 0.895 bits per heavy atom. The lowest BCUT2D eigenvalue weighted by Crippen LogP contribution is -2.29. The Morgan fingerprint density at radius 2 is 1.68 bits per heavy atom. The number of thiocarbonyl (C=S) groups is 1. The summed E-state index contributed by atoms with van der Waals surface area (Å²) in [5.41, 5.74) is 8.08. The van der Waals surface area contributed by atoms with Crippen LogP contribution in [0.2, 0.25) is 0 Å². The number of pyridine rings is 1. The molecular formula is C32H34N4OS. The molecule has 0 amide bonds. The van der Waals surface area contributed by atoms with Crippen LogP contribution in [0.4, 0.5) is 5.69 Å². The van der Waals surface area contributed by atoms with Crippen LogP contribution < -0.4 is 15.0 Å². The van der Waals surface area contributed by atoms with E-state index in [-0.39, 0.29) is 12.1 Å². The van der Waals surface area contributed by atoms with Gasteiger partial charge in [0, 0.05) is 29.0 Å². The van der Waals surface area contributed by atoms with Crippen molar-refractivity contribution in [2.45, 2.75) is 64.6 Å². The Hall–Kier alpha value is -3.64. The molecule has 5 nitrogen and oxygen atoms in total. The van der Waals surface area contributed by atoms with E-state index >= 15 is 0 Å². The first kappa shape index (κ1) is 24.7. The lowest BCUT2D eigenvalue weighted by molar-refractivity contribution is 0.210. The van der Waals surface area contributed by atoms with Crippen molar-refractivity contribution >= 4 is 23.0 Å². The number of hydrogen-bond donors (Lipinski definition) is 1. The summed E-state index contributed by atoms with van der Waals surface area (Å²) in [4.78, 5) is 6.97. The normalized spacial score (nSPS) is 19.7. The molecule has 1 saturated heterocycles. The SMILES string of the molecule is Cc1cccc(-n2c(C)cc([C@H]3[C@@H](c4ccccn4)NC(=S)N3c3ccc(OC4CCCC4)cc3)c2C)c1. The van der Waals surface area contributed by atoms with Gasteiger partial charge in [-0.05, 0) is 124 Å². The third kappa shape index (κ3) is 4.58. The maximum atomic E-state index is 6.24. The first-order valence-electron chi connectivity index (χ1n) is 13.5. The predicted octanol–water partition coefficient (Wildman–Crippen LogP) is 7.30. The Labute approximate surface area is 230 Å². The van der Waals surface area contributed by atoms with Crippen molar-refractivity contribution < 1.29 is 4.74 Å². The van der Waals surface area contributed by atoms with Gasteiger partial charge in [-0.3, -0.25) is 4.98 Å². The third-order valence-corrected chi connectivity index (χ3v) is 8.18. The van der Waals surface area contributed by atoms with Crippen LogP contribution in [0.3, 0.4) is 0 Å². The highest BCUT2D eigenvalue weighted by molar-refractivity contribution is 7.80. The fraction of sp³-hybridized carbons (Fsp3) is 0.312. The quantitative estimate of drug-likeness (QED) is 0.269. The molecule has 0 unspecified atom stereocenters. The number of aromatic nitrogens is 2. The van der Waals surface area contributed by atoms with E-state index in [1.807, 2.05) is 18.3 Å². The fourth-order valence-corrected chi connectivity index (χ4v) is 6.43. The van der Waals surface area contributed by atoms with Crippen molar-refractivity contribution in [2.75, 3.05) is 4.90 Å². The average Bonchev–Trinajstić information content (AvgIpc) is 3.63. The highest BCUT2D eigenvalue weighted by atomic mass is 32.1. The molecule has 6 heteroatoms. The van der Waals surface area contributed by atoms with Crippen LogP contribution in [-0.4, -0.2) is 20.8 Å². The number of ether oxygens (including phenoxy) is 1. The van der Waals surface area contributed by atoms with Gasteiger partial charge in [-0.25, -0.2) is 0 Å². The third-order valence-electron chi connectivity index (χ3n) is 7.87. The Kier molecular flexibility index (Phi) is 6.66. The maximum Gasteiger partial charge on any atom is 0.174 e. The number of anilines is 1. The molecule has 0 spiro atoms. The Balaban J connectivity index is 1.41. The summed E-state index contributed by atoms with van der Waals surface area (Å²) >= 11 is 5.97. The zero-order valence-corrected chi connectivity index (χ0v) is 23.0. The van der Waals surface area contributed by atoms with E-state index in [0.29, 0.717) is 11.2 Å². The second-order valence-electron chi connectivity index (χ2n) is 10.5. The zero-order chi connectivity index (χ0) is 26.2. The van der Waals surface area contributed by atoms with Crippen molar-refractivity contribution in [1.29, 1.82) is 0 Å². The van der Waals surface area contributed by atoms with E-state index < -0.39 is 0 Å². The number of nitrogens with one attached hydrogen (secondary N) is 1. The molecule has 4 aromatic rings. The van der Waals surface area contributed by atoms with Gasteiger partial charge < -0.3 is 19.5 Å². The van der Waals surface area contributed by atoms with Gasteiger partial charge in [0.05, 0.1) is 23.9 Å². The number of nitrogens with zero attached hydrogens (tertiary/aromatic N) is 3. The van der Waals surface area contributed by atoms with Gasteiger partial charge in [0.2, 0.25) is 0 Å². The van der Waals surface area contributed by atoms with Crippen LogP contribution >= 0.6 is 12.2 Å². The predicted molar refractivity (Wildman–Crippen MR) is 157 cm³/mol. The van der Waals surface area contributed by atoms with E-state index in [2.05, 4.69) is 96.2 Å². The Bertz CT molecular complexity index is 1440. The lowest BCUT2D eigenvalue weighted by Gasteiger charge is -2.28. The first-order valence-corrected chi connectivity index (χ1v) is 13.9. The lowest BCUT2D eigenvalue weighted by atomic mass is 9.96. The second kappa shape index (κ2) is 10.3. The second-order valence-corrected chi connectivity index (χ2v) is 10.9. The maximum absolute atomic E-state index is 6.24. The summed E-state index contributed by atoms with van der Waals surface area (Å²) < 4.78 is 8.58. The van der Waals surface area contributed by atoms with Crippen LogP contribution in [-0.2, 0) is 0 Å². The molecule has 0 bridgehead atoms. The van der Waals surface area contributed by atoms with E-state index in [1.165, 1.54) is 41.0 Å². The molecule has 3 heterocycles. The highest BCUT2D eigenvalue weighted by Gasteiger charge is 2.42. The van der Waals surface area contributed by atoms with Gasteiger partial charge in [0.1, 0.15) is 5.75 Å². The highest BCUT2D eigenvalue weighted by Crippen LogP contribution is 2.44. The summed E-state index contributed by atoms with van der Waals surface area (Å²) in [7, 11) is 0. The summed E-state index contributed by atoms with van der Waals surface area (Å²) in [6.07, 6.45) is 7.00. The number of benzene rings is 2. The number of aryl methyl sites for hydroxylation is 2. The molecule has 6 rings (SSSR count). The summed E-state index contributed by atoms with van der Waals surface area (Å²) in [5.74, 6) is 0.925. The van der Waals surface area contributed by atoms with E-state index in [0.717, 1.165) is 30.0 Å². The molecule has 1 aliphatic heterocycles. The molecule has 1 N–H and O–H groups in total. The molecular weight excluding hydrogens is 488 g/mol. The minimum absolute atomic E-state index is 0.0521. The van der Waals surface area contributed by atoms with Crippen LogP contribution in [0.25, 0.3) is 5.69 Å². The van der Waals surface area contributed by atoms with Crippen molar-refractivity contribution in [3.05, 3.63) is 107 Å². The molecule has 0 radical (unpaired) electrons. The molecule has 2 aromatic carbocycles. The standard InChI is InChI=1S/C32H34N4OS/c1-21-9-8-10-25(19-21)35-22(2)20-28(23(35)3)31-30(29-13-6-7-18-33-29)34-32(38)36(31)24-14-16-27(17-15-24)37-26-11-4-5-12-26/h6-10,13-20,26,30-31H,4-5,11-12H2,1-3H3,(H,34,38)/t30-,31+/m1/s1. The van der Waals surface area contributed by atoms with E-state index in [9.17, 15) is 0 Å². The van der Waals surface area contributed by atoms with Crippen LogP contribution in [0, 0.1) is 20.8 Å². The van der Waals surface area contributed by atoms with Gasteiger partial charge in [0.15, 0.2) is 5.11 Å². The summed E-state index contributed by atoms with van der Waals surface area (Å²) in [6, 6.07) is 25.3. The molecule has 2 aliphatic rings. The minimum Gasteiger partial charge on any atom is -0.490 e. The first-order chi connectivity index (χ1) is 18.5. The summed E-state index contributed by atoms with van der Waals surface area (Å²) in [5, 5.41) is 4.30. The molecule has 1 saturated carbocycles. The number of hydrogen-bond acceptors (Lipinski definition) is 3. The molecule has 2 atom stereocenters. The van der Waals surface area contributed by atoms with Crippen molar-refractivity contribution in [2.24, 2.45) is 0 Å². The summed E-state index contributed by atoms with van der Waals surface area (Å²) in [6.45, 7) is 6.52. The largest absolute Gasteiger partial charge is 0.490 e. The molecule has 194 valence electrons. The van der Waals surface area contributed by atoms with Crippen molar-refractivity contribution in [3.8, 4) is 11.4 Å². The smallest absolute Gasteiger partial charge is 0.174 e. The van der Waals surface area contributed by atoms with Crippen LogP contribution in [0.15, 0.2) is 79.0 Å². The van der Waals surface area contributed by atoms with Gasteiger partial charge >= 0.3 is 0 Å². The molecule has 2 fully saturated rings. The van der Waals surface area contributed by atoms with Crippen LogP contribution in [0.5, 0.6) is 5.75 Å². The monoisotopic (exact) mass is 522 g/mol. The minimum atomic E-state index is -0.0791. The Morgan fingerprint density at radius 3 is 2.39 bits per heavy atom. The molecule has 1 aliphatic carbocycles. The van der Waals surface area contributed by atoms with Gasteiger partial charge in [-0.15, -0.1) is 0 Å². The van der Waals surface area contributed by atoms with Gasteiger partial charge in [-0.2, -0.15) is 0 Å². The van der Waals surface area contributed by atoms with Crippen LogP contribution in [0.1, 0.15) is 66.0 Å². The molecule has 38 heavy (non-hydrogen) atoms. The van der Waals surface area contributed by atoms with Crippen molar-refractivity contribution in [1.82, 2.24) is 14.9 Å². The average molecular weight is 523 g/mol. The zero-order valence-electron chi connectivity index (χ0n) is 22.2. The van der Waals surface area contributed by atoms with Crippen molar-refractivity contribution in [3.63, 3.8) is 0 Å². The van der Waals surface area contributed by atoms with E-state index in [4.69, 9.17) is 21.9 Å². The fourth-order valence-electron chi connectivity index (χ4n) is 6.08. The van der Waals surface area contributed by atoms with Gasteiger partial charge in [0.25, 0.3) is 0 Å². The van der Waals surface area contributed by atoms with Gasteiger partial charge in [-0.1, -0.05) is 18.2 Å². The molecule has 2 aromatic heterocycles. The topological polar surface area (TPSA) is 42.3 Å². The number of rotatable bonds is 6. The van der Waals surface area contributed by atoms with E-state index in [1.54, 1.807) is 0 Å².